The summed E-state index contributed by atoms with van der Waals surface area (Å²) >= 11 is 0. The van der Waals surface area contributed by atoms with Crippen molar-refractivity contribution in [3.05, 3.63) is 89.5 Å². The summed E-state index contributed by atoms with van der Waals surface area (Å²) < 4.78 is 5.57. The number of amides is 2. The minimum atomic E-state index is -0.889. The molecule has 0 radical (unpaired) electrons. The van der Waals surface area contributed by atoms with Crippen LogP contribution in [0, 0.1) is 5.92 Å². The highest BCUT2D eigenvalue weighted by molar-refractivity contribution is 5.96. The molecule has 7 nitrogen and oxygen atoms in total. The number of benzene rings is 3. The zero-order chi connectivity index (χ0) is 24.8. The molecule has 3 N–H and O–H groups in total. The second kappa shape index (κ2) is 10.9. The minimum absolute atomic E-state index is 0.000158. The fourth-order valence-electron chi connectivity index (χ4n) is 4.44. The zero-order valence-electron chi connectivity index (χ0n) is 19.5. The number of carboxylic acids is 1. The molecule has 1 aliphatic carbocycles. The van der Waals surface area contributed by atoms with Gasteiger partial charge in [-0.3, -0.25) is 14.9 Å². The van der Waals surface area contributed by atoms with Crippen LogP contribution in [0.5, 0.6) is 0 Å². The Morgan fingerprint density at radius 3 is 2.23 bits per heavy atom. The Morgan fingerprint density at radius 2 is 1.60 bits per heavy atom. The van der Waals surface area contributed by atoms with Crippen LogP contribution in [0.3, 0.4) is 0 Å². The first kappa shape index (κ1) is 24.0. The molecule has 0 aliphatic heterocycles. The van der Waals surface area contributed by atoms with Gasteiger partial charge < -0.3 is 15.2 Å². The van der Waals surface area contributed by atoms with Crippen molar-refractivity contribution in [2.75, 3.05) is 18.5 Å². The minimum Gasteiger partial charge on any atom is -0.481 e. The monoisotopic (exact) mass is 472 g/mol. The Labute approximate surface area is 204 Å². The number of anilines is 1. The average Bonchev–Trinajstić information content (AvgIpc) is 3.18. The van der Waals surface area contributed by atoms with Crippen molar-refractivity contribution in [1.29, 1.82) is 0 Å². The van der Waals surface area contributed by atoms with E-state index in [2.05, 4.69) is 34.9 Å². The van der Waals surface area contributed by atoms with Gasteiger partial charge in [-0.25, -0.2) is 4.79 Å². The van der Waals surface area contributed by atoms with Gasteiger partial charge in [-0.2, -0.15) is 0 Å². The van der Waals surface area contributed by atoms with E-state index in [-0.39, 0.29) is 37.3 Å². The van der Waals surface area contributed by atoms with Gasteiger partial charge in [0.2, 0.25) is 0 Å². The van der Waals surface area contributed by atoms with Crippen LogP contribution in [-0.2, 0) is 9.53 Å². The summed E-state index contributed by atoms with van der Waals surface area (Å²) in [5.41, 5.74) is 5.38. The third kappa shape index (κ3) is 5.69. The van der Waals surface area contributed by atoms with Gasteiger partial charge in [-0.1, -0.05) is 67.9 Å². The van der Waals surface area contributed by atoms with Crippen LogP contribution in [-0.4, -0.2) is 36.2 Å². The lowest BCUT2D eigenvalue weighted by Gasteiger charge is -2.15. The normalized spacial score (nSPS) is 12.8. The largest absolute Gasteiger partial charge is 0.481 e. The van der Waals surface area contributed by atoms with Crippen molar-refractivity contribution < 1.29 is 24.2 Å². The standard InChI is InChI=1S/C28H28N2O5/c1-2-18(14-26(31)32)16-29-27(33)19-8-7-9-20(15-19)30-28(34)35-17-25-23-12-5-3-10-21(23)22-11-4-6-13-24(22)25/h3-13,15,18,25H,2,14,16-17H2,1H3,(H,29,33)(H,30,34)(H,31,32). The number of ether oxygens (including phenoxy) is 1. The number of hydrogen-bond acceptors (Lipinski definition) is 4. The molecule has 0 bridgehead atoms. The smallest absolute Gasteiger partial charge is 0.411 e. The maximum Gasteiger partial charge on any atom is 0.411 e. The SMILES string of the molecule is CCC(CNC(=O)c1cccc(NC(=O)OCC2c3ccccc3-c3ccccc32)c1)CC(=O)O. The van der Waals surface area contributed by atoms with Crippen molar-refractivity contribution in [2.24, 2.45) is 5.92 Å². The van der Waals surface area contributed by atoms with Crippen molar-refractivity contribution in [2.45, 2.75) is 25.7 Å². The molecule has 1 atom stereocenters. The summed E-state index contributed by atoms with van der Waals surface area (Å²) in [6.07, 6.45) is 0.0489. The first-order valence-electron chi connectivity index (χ1n) is 11.7. The highest BCUT2D eigenvalue weighted by atomic mass is 16.5. The van der Waals surface area contributed by atoms with Gasteiger partial charge in [0.1, 0.15) is 6.61 Å². The Bertz CT molecular complexity index is 1190. The summed E-state index contributed by atoms with van der Waals surface area (Å²) in [6, 6.07) is 22.8. The van der Waals surface area contributed by atoms with Gasteiger partial charge in [0.25, 0.3) is 5.91 Å². The van der Waals surface area contributed by atoms with Crippen LogP contribution in [0.4, 0.5) is 10.5 Å². The molecule has 35 heavy (non-hydrogen) atoms. The van der Waals surface area contributed by atoms with Crippen molar-refractivity contribution in [3.8, 4) is 11.1 Å². The van der Waals surface area contributed by atoms with E-state index >= 15 is 0 Å². The maximum absolute atomic E-state index is 12.5. The van der Waals surface area contributed by atoms with E-state index in [4.69, 9.17) is 9.84 Å². The molecule has 3 aromatic rings. The zero-order valence-corrected chi connectivity index (χ0v) is 19.5. The summed E-state index contributed by atoms with van der Waals surface area (Å²) in [5.74, 6) is -1.40. The Kier molecular flexibility index (Phi) is 7.45. The van der Waals surface area contributed by atoms with Gasteiger partial charge >= 0.3 is 12.1 Å². The molecule has 4 rings (SSSR count). The van der Waals surface area contributed by atoms with Gasteiger partial charge in [0.05, 0.1) is 0 Å². The number of rotatable bonds is 9. The van der Waals surface area contributed by atoms with Crippen LogP contribution in [0.1, 0.15) is 47.2 Å². The summed E-state index contributed by atoms with van der Waals surface area (Å²) in [5, 5.41) is 14.4. The highest BCUT2D eigenvalue weighted by Crippen LogP contribution is 2.44. The third-order valence-electron chi connectivity index (χ3n) is 6.31. The Hall–Kier alpha value is -4.13. The fourth-order valence-corrected chi connectivity index (χ4v) is 4.44. The maximum atomic E-state index is 12.5. The Morgan fingerprint density at radius 1 is 0.943 bits per heavy atom. The molecule has 1 aliphatic rings. The molecule has 1 unspecified atom stereocenters. The van der Waals surface area contributed by atoms with Gasteiger partial charge in [0.15, 0.2) is 0 Å². The lowest BCUT2D eigenvalue weighted by atomic mass is 9.98. The summed E-state index contributed by atoms with van der Waals surface area (Å²) in [7, 11) is 0. The molecular weight excluding hydrogens is 444 g/mol. The second-order valence-corrected chi connectivity index (χ2v) is 8.61. The van der Waals surface area contributed by atoms with Crippen LogP contribution in [0.25, 0.3) is 11.1 Å². The van der Waals surface area contributed by atoms with Gasteiger partial charge in [-0.15, -0.1) is 0 Å². The number of hydrogen-bond donors (Lipinski definition) is 3. The average molecular weight is 473 g/mol. The molecule has 0 spiro atoms. The predicted molar refractivity (Wildman–Crippen MR) is 134 cm³/mol. The highest BCUT2D eigenvalue weighted by Gasteiger charge is 2.29. The molecule has 2 amide bonds. The van der Waals surface area contributed by atoms with E-state index < -0.39 is 12.1 Å². The van der Waals surface area contributed by atoms with E-state index in [1.165, 1.54) is 0 Å². The van der Waals surface area contributed by atoms with Crippen LogP contribution in [0.2, 0.25) is 0 Å². The third-order valence-corrected chi connectivity index (χ3v) is 6.31. The predicted octanol–water partition coefficient (Wildman–Crippen LogP) is 5.28. The fraction of sp³-hybridized carbons (Fsp3) is 0.250. The molecule has 3 aromatic carbocycles. The van der Waals surface area contributed by atoms with E-state index in [0.717, 1.165) is 22.3 Å². The summed E-state index contributed by atoms with van der Waals surface area (Å²) in [4.78, 5) is 36.0. The van der Waals surface area contributed by atoms with Crippen LogP contribution in [0.15, 0.2) is 72.8 Å². The molecule has 0 saturated heterocycles. The quantitative estimate of drug-likeness (QED) is 0.393. The van der Waals surface area contributed by atoms with Crippen LogP contribution >= 0.6 is 0 Å². The van der Waals surface area contributed by atoms with Gasteiger partial charge in [0, 0.05) is 30.1 Å². The number of carboxylic acid groups (broad SMARTS) is 1. The molecular formula is C28H28N2O5. The van der Waals surface area contributed by atoms with E-state index in [0.29, 0.717) is 17.7 Å². The van der Waals surface area contributed by atoms with Crippen molar-refractivity contribution in [1.82, 2.24) is 5.32 Å². The lowest BCUT2D eigenvalue weighted by molar-refractivity contribution is -0.138. The first-order valence-corrected chi connectivity index (χ1v) is 11.7. The number of carbonyl (C=O) groups is 3. The second-order valence-electron chi connectivity index (χ2n) is 8.61. The summed E-state index contributed by atoms with van der Waals surface area (Å²) in [6.45, 7) is 2.35. The number of carbonyl (C=O) groups excluding carboxylic acids is 2. The first-order chi connectivity index (χ1) is 17.0. The molecule has 0 heterocycles. The Balaban J connectivity index is 1.35. The van der Waals surface area contributed by atoms with Crippen LogP contribution < -0.4 is 10.6 Å². The number of fused-ring (bicyclic) bond motifs is 3. The number of aliphatic carboxylic acids is 1. The van der Waals surface area contributed by atoms with Crippen molar-refractivity contribution in [3.63, 3.8) is 0 Å². The molecule has 0 aromatic heterocycles. The molecule has 0 saturated carbocycles. The number of nitrogens with one attached hydrogen (secondary N) is 2. The van der Waals surface area contributed by atoms with Crippen molar-refractivity contribution >= 4 is 23.7 Å². The van der Waals surface area contributed by atoms with Gasteiger partial charge in [-0.05, 0) is 46.4 Å². The lowest BCUT2D eigenvalue weighted by Crippen LogP contribution is -2.30. The van der Waals surface area contributed by atoms with E-state index in [9.17, 15) is 14.4 Å². The van der Waals surface area contributed by atoms with E-state index in [1.807, 2.05) is 31.2 Å². The molecule has 7 heteroatoms. The molecule has 0 fully saturated rings. The molecule has 180 valence electrons. The topological polar surface area (TPSA) is 105 Å². The van der Waals surface area contributed by atoms with E-state index in [1.54, 1.807) is 24.3 Å².